The van der Waals surface area contributed by atoms with Gasteiger partial charge in [-0.05, 0) is 55.2 Å². The summed E-state index contributed by atoms with van der Waals surface area (Å²) in [4.78, 5) is 24.3. The average Bonchev–Trinajstić information content (AvgIpc) is 3.04. The molecule has 1 unspecified atom stereocenters. The lowest BCUT2D eigenvalue weighted by atomic mass is 10.1. The Labute approximate surface area is 147 Å². The predicted octanol–water partition coefficient (Wildman–Crippen LogP) is 2.62. The minimum absolute atomic E-state index is 0.0334. The van der Waals surface area contributed by atoms with E-state index >= 15 is 0 Å². The summed E-state index contributed by atoms with van der Waals surface area (Å²) >= 11 is 0. The lowest BCUT2D eigenvalue weighted by molar-refractivity contribution is -0.120. The number of carbonyl (C=O) groups excluding carboxylic acids is 2. The Bertz CT molecular complexity index is 756. The summed E-state index contributed by atoms with van der Waals surface area (Å²) in [5, 5.41) is 5.65. The first-order valence-corrected chi connectivity index (χ1v) is 8.55. The zero-order chi connectivity index (χ0) is 17.6. The molecule has 0 saturated heterocycles. The highest BCUT2D eigenvalue weighted by molar-refractivity contribution is 5.96. The van der Waals surface area contributed by atoms with Gasteiger partial charge in [-0.15, -0.1) is 0 Å². The summed E-state index contributed by atoms with van der Waals surface area (Å²) in [7, 11) is 0. The van der Waals surface area contributed by atoms with Gasteiger partial charge < -0.3 is 15.4 Å². The summed E-state index contributed by atoms with van der Waals surface area (Å²) in [6.45, 7) is 2.45. The molecule has 1 aliphatic carbocycles. The molecule has 0 radical (unpaired) electrons. The zero-order valence-corrected chi connectivity index (χ0v) is 14.2. The smallest absolute Gasteiger partial charge is 0.251 e. The van der Waals surface area contributed by atoms with Gasteiger partial charge in [-0.25, -0.2) is 0 Å². The Morgan fingerprint density at radius 2 is 1.88 bits per heavy atom. The van der Waals surface area contributed by atoms with Gasteiger partial charge in [-0.3, -0.25) is 9.59 Å². The van der Waals surface area contributed by atoms with Crippen LogP contribution >= 0.6 is 0 Å². The van der Waals surface area contributed by atoms with Crippen LogP contribution in [-0.4, -0.2) is 25.0 Å². The first kappa shape index (κ1) is 17.0. The first-order valence-electron chi connectivity index (χ1n) is 8.55. The van der Waals surface area contributed by atoms with Crippen LogP contribution < -0.4 is 15.4 Å². The van der Waals surface area contributed by atoms with E-state index in [1.807, 2.05) is 25.1 Å². The molecule has 0 saturated carbocycles. The number of amides is 2. The number of carbonyl (C=O) groups is 2. The number of hydrogen-bond donors (Lipinski definition) is 2. The fraction of sp³-hybridized carbons (Fsp3) is 0.300. The normalized spacial score (nSPS) is 15.3. The lowest BCUT2D eigenvalue weighted by Gasteiger charge is -2.14. The van der Waals surface area contributed by atoms with E-state index in [-0.39, 0.29) is 24.4 Å². The molecular weight excluding hydrogens is 316 g/mol. The van der Waals surface area contributed by atoms with Crippen LogP contribution in [0.2, 0.25) is 0 Å². The van der Waals surface area contributed by atoms with E-state index in [1.165, 1.54) is 11.1 Å². The molecule has 0 bridgehead atoms. The molecule has 2 aromatic rings. The maximum atomic E-state index is 12.1. The van der Waals surface area contributed by atoms with Crippen molar-refractivity contribution in [1.82, 2.24) is 10.6 Å². The van der Waals surface area contributed by atoms with Crippen LogP contribution in [0.5, 0.6) is 5.75 Å². The second-order valence-electron chi connectivity index (χ2n) is 6.00. The number of hydrogen-bond acceptors (Lipinski definition) is 3. The number of benzene rings is 2. The zero-order valence-electron chi connectivity index (χ0n) is 14.2. The van der Waals surface area contributed by atoms with Crippen LogP contribution in [-0.2, 0) is 11.2 Å². The minimum atomic E-state index is -0.273. The third-order valence-corrected chi connectivity index (χ3v) is 4.31. The molecule has 130 valence electrons. The highest BCUT2D eigenvalue weighted by Gasteiger charge is 2.23. The van der Waals surface area contributed by atoms with Crippen molar-refractivity contribution in [2.75, 3.05) is 13.2 Å². The van der Waals surface area contributed by atoms with Crippen LogP contribution in [0, 0.1) is 0 Å². The van der Waals surface area contributed by atoms with Gasteiger partial charge in [0.15, 0.2) is 0 Å². The topological polar surface area (TPSA) is 67.4 Å². The number of fused-ring (bicyclic) bond motifs is 1. The highest BCUT2D eigenvalue weighted by Crippen LogP contribution is 2.30. The van der Waals surface area contributed by atoms with Gasteiger partial charge in [-0.2, -0.15) is 0 Å². The van der Waals surface area contributed by atoms with Crippen LogP contribution in [0.15, 0.2) is 48.5 Å². The van der Waals surface area contributed by atoms with Crippen molar-refractivity contribution >= 4 is 11.8 Å². The molecule has 0 fully saturated rings. The fourth-order valence-corrected chi connectivity index (χ4v) is 3.08. The Morgan fingerprint density at radius 1 is 1.12 bits per heavy atom. The summed E-state index contributed by atoms with van der Waals surface area (Å²) in [6.07, 6.45) is 1.87. The molecule has 1 aliphatic rings. The largest absolute Gasteiger partial charge is 0.494 e. The summed E-state index contributed by atoms with van der Waals surface area (Å²) in [5.74, 6) is 0.266. The second-order valence-corrected chi connectivity index (χ2v) is 6.00. The van der Waals surface area contributed by atoms with Crippen molar-refractivity contribution in [2.45, 2.75) is 25.8 Å². The second kappa shape index (κ2) is 7.83. The molecule has 2 N–H and O–H groups in total. The predicted molar refractivity (Wildman–Crippen MR) is 95.6 cm³/mol. The molecule has 0 aromatic heterocycles. The standard InChI is InChI=1S/C20H22N2O3/c1-2-25-16-10-7-15(8-11-16)20(24)21-13-19(23)22-18-12-9-14-5-3-4-6-17(14)18/h3-8,10-11,18H,2,9,12-13H2,1H3,(H,21,24)(H,22,23). The maximum absolute atomic E-state index is 12.1. The quantitative estimate of drug-likeness (QED) is 0.851. The monoisotopic (exact) mass is 338 g/mol. The van der Waals surface area contributed by atoms with Crippen molar-refractivity contribution in [1.29, 1.82) is 0 Å². The van der Waals surface area contributed by atoms with E-state index in [4.69, 9.17) is 4.74 Å². The third kappa shape index (κ3) is 4.18. The molecule has 2 amide bonds. The average molecular weight is 338 g/mol. The van der Waals surface area contributed by atoms with E-state index in [0.29, 0.717) is 12.2 Å². The van der Waals surface area contributed by atoms with E-state index < -0.39 is 0 Å². The Balaban J connectivity index is 1.50. The minimum Gasteiger partial charge on any atom is -0.494 e. The van der Waals surface area contributed by atoms with Crippen LogP contribution in [0.3, 0.4) is 0 Å². The van der Waals surface area contributed by atoms with Crippen LogP contribution in [0.4, 0.5) is 0 Å². The van der Waals surface area contributed by atoms with Crippen LogP contribution in [0.1, 0.15) is 40.9 Å². The van der Waals surface area contributed by atoms with Crippen molar-refractivity contribution in [3.8, 4) is 5.75 Å². The van der Waals surface area contributed by atoms with Gasteiger partial charge in [0.25, 0.3) is 5.91 Å². The summed E-state index contributed by atoms with van der Waals surface area (Å²) in [6, 6.07) is 15.0. The number of nitrogens with one attached hydrogen (secondary N) is 2. The molecule has 0 aliphatic heterocycles. The highest BCUT2D eigenvalue weighted by atomic mass is 16.5. The van der Waals surface area contributed by atoms with E-state index in [9.17, 15) is 9.59 Å². The van der Waals surface area contributed by atoms with Crippen molar-refractivity contribution in [2.24, 2.45) is 0 Å². The molecule has 0 heterocycles. The number of rotatable bonds is 6. The van der Waals surface area contributed by atoms with E-state index in [0.717, 1.165) is 18.6 Å². The summed E-state index contributed by atoms with van der Waals surface area (Å²) in [5.41, 5.74) is 2.96. The van der Waals surface area contributed by atoms with E-state index in [2.05, 4.69) is 16.7 Å². The molecule has 3 rings (SSSR count). The molecule has 0 spiro atoms. The SMILES string of the molecule is CCOc1ccc(C(=O)NCC(=O)NC2CCc3ccccc32)cc1. The lowest BCUT2D eigenvalue weighted by Crippen LogP contribution is -2.38. The molecule has 2 aromatic carbocycles. The van der Waals surface area contributed by atoms with Gasteiger partial charge in [-0.1, -0.05) is 24.3 Å². The number of ether oxygens (including phenoxy) is 1. The van der Waals surface area contributed by atoms with Gasteiger partial charge >= 0.3 is 0 Å². The fourth-order valence-electron chi connectivity index (χ4n) is 3.08. The van der Waals surface area contributed by atoms with E-state index in [1.54, 1.807) is 24.3 Å². The molecule has 5 heteroatoms. The van der Waals surface area contributed by atoms with Gasteiger partial charge in [0, 0.05) is 5.56 Å². The molecular formula is C20H22N2O3. The Hall–Kier alpha value is -2.82. The molecule has 1 atom stereocenters. The van der Waals surface area contributed by atoms with Crippen molar-refractivity contribution < 1.29 is 14.3 Å². The van der Waals surface area contributed by atoms with Crippen molar-refractivity contribution in [3.05, 3.63) is 65.2 Å². The maximum Gasteiger partial charge on any atom is 0.251 e. The molecule has 5 nitrogen and oxygen atoms in total. The van der Waals surface area contributed by atoms with Crippen LogP contribution in [0.25, 0.3) is 0 Å². The Morgan fingerprint density at radius 3 is 2.64 bits per heavy atom. The number of aryl methyl sites for hydroxylation is 1. The first-order chi connectivity index (χ1) is 12.2. The third-order valence-electron chi connectivity index (χ3n) is 4.31. The van der Waals surface area contributed by atoms with Gasteiger partial charge in [0.05, 0.1) is 19.2 Å². The van der Waals surface area contributed by atoms with Crippen molar-refractivity contribution in [3.63, 3.8) is 0 Å². The van der Waals surface area contributed by atoms with Gasteiger partial charge in [0.2, 0.25) is 5.91 Å². The molecule has 25 heavy (non-hydrogen) atoms. The summed E-state index contributed by atoms with van der Waals surface area (Å²) < 4.78 is 5.35. The van der Waals surface area contributed by atoms with Gasteiger partial charge in [0.1, 0.15) is 5.75 Å². The Kier molecular flexibility index (Phi) is 5.33.